The summed E-state index contributed by atoms with van der Waals surface area (Å²) in [5.74, 6) is 0.193. The zero-order chi connectivity index (χ0) is 20.4. The van der Waals surface area contributed by atoms with Gasteiger partial charge in [-0.15, -0.1) is 0 Å². The van der Waals surface area contributed by atoms with Crippen LogP contribution in [-0.2, 0) is 4.79 Å². The summed E-state index contributed by atoms with van der Waals surface area (Å²) in [4.78, 5) is 24.3. The van der Waals surface area contributed by atoms with Gasteiger partial charge in [0.2, 0.25) is 0 Å². The molecule has 2 aromatic rings. The number of hydrogen-bond acceptors (Lipinski definition) is 4. The molecule has 2 aromatic carbocycles. The van der Waals surface area contributed by atoms with Gasteiger partial charge in [-0.3, -0.25) is 20.4 Å². The van der Waals surface area contributed by atoms with E-state index in [0.29, 0.717) is 23.7 Å². The van der Waals surface area contributed by atoms with E-state index in [1.807, 2.05) is 19.1 Å². The van der Waals surface area contributed by atoms with E-state index in [-0.39, 0.29) is 6.61 Å². The predicted octanol–water partition coefficient (Wildman–Crippen LogP) is 4.17. The van der Waals surface area contributed by atoms with Gasteiger partial charge in [-0.2, -0.15) is 0 Å². The molecule has 0 bridgehead atoms. The zero-order valence-electron chi connectivity index (χ0n) is 16.1. The average molecular weight is 449 g/mol. The van der Waals surface area contributed by atoms with E-state index >= 15 is 0 Å². The number of unbranched alkanes of at least 4 members (excludes halogenated alkanes) is 2. The summed E-state index contributed by atoms with van der Waals surface area (Å²) in [5.41, 5.74) is 6.02. The Morgan fingerprint density at radius 3 is 2.54 bits per heavy atom. The molecule has 0 saturated heterocycles. The number of para-hydroxylation sites is 1. The Kier molecular flexibility index (Phi) is 8.81. The molecule has 28 heavy (non-hydrogen) atoms. The highest BCUT2D eigenvalue weighted by Crippen LogP contribution is 2.22. The van der Waals surface area contributed by atoms with Crippen LogP contribution in [0.3, 0.4) is 0 Å². The fourth-order valence-corrected chi connectivity index (χ4v) is 2.94. The number of halogens is 1. The number of benzene rings is 2. The maximum atomic E-state index is 12.4. The minimum atomic E-state index is -0.461. The predicted molar refractivity (Wildman–Crippen MR) is 111 cm³/mol. The molecule has 0 fully saturated rings. The Hall–Kier alpha value is -2.54. The minimum Gasteiger partial charge on any atom is -0.493 e. The van der Waals surface area contributed by atoms with Gasteiger partial charge < -0.3 is 9.47 Å². The molecule has 0 radical (unpaired) electrons. The van der Waals surface area contributed by atoms with Gasteiger partial charge in [-0.05, 0) is 49.2 Å². The molecule has 0 unspecified atom stereocenters. The summed E-state index contributed by atoms with van der Waals surface area (Å²) in [6, 6.07) is 12.4. The van der Waals surface area contributed by atoms with Crippen LogP contribution >= 0.6 is 15.9 Å². The maximum Gasteiger partial charge on any atom is 0.276 e. The molecule has 0 aliphatic rings. The maximum absolute atomic E-state index is 12.4. The lowest BCUT2D eigenvalue weighted by Gasteiger charge is -2.13. The number of aryl methyl sites for hydroxylation is 1. The zero-order valence-corrected chi connectivity index (χ0v) is 17.7. The number of carbonyl (C=O) groups excluding carboxylic acids is 2. The number of ether oxygens (including phenoxy) is 2. The Bertz CT molecular complexity index is 811. The molecule has 0 heterocycles. The van der Waals surface area contributed by atoms with Crippen molar-refractivity contribution in [3.63, 3.8) is 0 Å². The normalized spacial score (nSPS) is 10.2. The van der Waals surface area contributed by atoms with Gasteiger partial charge in [0, 0.05) is 4.47 Å². The molecule has 0 aromatic heterocycles. The van der Waals surface area contributed by atoms with Gasteiger partial charge >= 0.3 is 0 Å². The largest absolute Gasteiger partial charge is 0.493 e. The van der Waals surface area contributed by atoms with E-state index in [1.54, 1.807) is 30.3 Å². The Morgan fingerprint density at radius 2 is 1.79 bits per heavy atom. The first-order valence-corrected chi connectivity index (χ1v) is 10.0. The molecule has 7 heteroatoms. The van der Waals surface area contributed by atoms with Crippen LogP contribution in [-0.4, -0.2) is 25.0 Å². The molecule has 150 valence electrons. The lowest BCUT2D eigenvalue weighted by atomic mass is 10.2. The first-order chi connectivity index (χ1) is 13.5. The van der Waals surface area contributed by atoms with Crippen LogP contribution in [0.2, 0.25) is 0 Å². The highest BCUT2D eigenvalue weighted by atomic mass is 79.9. The lowest BCUT2D eigenvalue weighted by Crippen LogP contribution is -2.44. The fraction of sp³-hybridized carbons (Fsp3) is 0.333. The van der Waals surface area contributed by atoms with E-state index in [9.17, 15) is 9.59 Å². The van der Waals surface area contributed by atoms with E-state index in [0.717, 1.165) is 29.3 Å². The summed E-state index contributed by atoms with van der Waals surface area (Å²) in [5, 5.41) is 0. The lowest BCUT2D eigenvalue weighted by molar-refractivity contribution is -0.123. The number of nitrogens with one attached hydrogen (secondary N) is 2. The molecular formula is C21H25BrN2O4. The number of rotatable bonds is 9. The topological polar surface area (TPSA) is 76.7 Å². The third kappa shape index (κ3) is 6.88. The number of hydrogen-bond donors (Lipinski definition) is 2. The third-order valence-corrected chi connectivity index (χ3v) is 4.44. The van der Waals surface area contributed by atoms with Crippen LogP contribution < -0.4 is 20.3 Å². The van der Waals surface area contributed by atoms with Gasteiger partial charge in [0.05, 0.1) is 12.2 Å². The van der Waals surface area contributed by atoms with Gasteiger partial charge in [0.25, 0.3) is 11.8 Å². The molecule has 0 aliphatic carbocycles. The van der Waals surface area contributed by atoms with Crippen LogP contribution in [0.5, 0.6) is 11.5 Å². The quantitative estimate of drug-likeness (QED) is 0.445. The fourth-order valence-electron chi connectivity index (χ4n) is 2.46. The molecule has 6 nitrogen and oxygen atoms in total. The van der Waals surface area contributed by atoms with Crippen molar-refractivity contribution < 1.29 is 19.1 Å². The molecular weight excluding hydrogens is 424 g/mol. The minimum absolute atomic E-state index is 0.210. The first-order valence-electron chi connectivity index (χ1n) is 9.21. The van der Waals surface area contributed by atoms with E-state index in [2.05, 4.69) is 33.7 Å². The molecule has 2 amide bonds. The van der Waals surface area contributed by atoms with E-state index in [1.165, 1.54) is 0 Å². The van der Waals surface area contributed by atoms with Crippen molar-refractivity contribution >= 4 is 27.7 Å². The van der Waals surface area contributed by atoms with Crippen LogP contribution in [0, 0.1) is 6.92 Å². The van der Waals surface area contributed by atoms with Crippen molar-refractivity contribution in [3.05, 3.63) is 58.1 Å². The Morgan fingerprint density at radius 1 is 1.00 bits per heavy atom. The Balaban J connectivity index is 1.83. The summed E-state index contributed by atoms with van der Waals surface area (Å²) in [6.07, 6.45) is 3.09. The Labute approximate surface area is 173 Å². The molecule has 2 N–H and O–H groups in total. The highest BCUT2D eigenvalue weighted by Gasteiger charge is 2.13. The van der Waals surface area contributed by atoms with Crippen LogP contribution in [0.25, 0.3) is 0 Å². The number of amides is 2. The second-order valence-electron chi connectivity index (χ2n) is 6.25. The molecule has 0 aliphatic heterocycles. The smallest absolute Gasteiger partial charge is 0.276 e. The number of carbonyl (C=O) groups is 2. The summed E-state index contributed by atoms with van der Waals surface area (Å²) in [6.45, 7) is 4.34. The monoisotopic (exact) mass is 448 g/mol. The van der Waals surface area contributed by atoms with Crippen LogP contribution in [0.15, 0.2) is 46.9 Å². The summed E-state index contributed by atoms with van der Waals surface area (Å²) in [7, 11) is 0. The van der Waals surface area contributed by atoms with Crippen molar-refractivity contribution in [2.45, 2.75) is 33.1 Å². The van der Waals surface area contributed by atoms with Crippen molar-refractivity contribution in [2.24, 2.45) is 0 Å². The highest BCUT2D eigenvalue weighted by molar-refractivity contribution is 9.10. The standard InChI is InChI=1S/C21H25BrN2O4/c1-3-4-7-12-27-19-9-6-5-8-17(19)21(26)24-23-20(25)14-28-18-11-10-16(22)13-15(18)2/h5-6,8-11,13H,3-4,7,12,14H2,1-2H3,(H,23,25)(H,24,26). The molecule has 2 rings (SSSR count). The van der Waals surface area contributed by atoms with Gasteiger partial charge in [-0.1, -0.05) is 47.8 Å². The van der Waals surface area contributed by atoms with Crippen molar-refractivity contribution in [1.29, 1.82) is 0 Å². The van der Waals surface area contributed by atoms with Crippen molar-refractivity contribution in [2.75, 3.05) is 13.2 Å². The van der Waals surface area contributed by atoms with E-state index in [4.69, 9.17) is 9.47 Å². The summed E-state index contributed by atoms with van der Waals surface area (Å²) >= 11 is 3.38. The van der Waals surface area contributed by atoms with Crippen LogP contribution in [0.1, 0.15) is 42.1 Å². The molecule has 0 saturated carbocycles. The second kappa shape index (κ2) is 11.3. The third-order valence-electron chi connectivity index (χ3n) is 3.95. The molecule has 0 spiro atoms. The van der Waals surface area contributed by atoms with Gasteiger partial charge in [-0.25, -0.2) is 0 Å². The van der Waals surface area contributed by atoms with E-state index < -0.39 is 11.8 Å². The average Bonchev–Trinajstić information content (AvgIpc) is 2.69. The van der Waals surface area contributed by atoms with Gasteiger partial charge in [0.15, 0.2) is 6.61 Å². The summed E-state index contributed by atoms with van der Waals surface area (Å²) < 4.78 is 12.1. The van der Waals surface area contributed by atoms with Crippen LogP contribution in [0.4, 0.5) is 0 Å². The first kappa shape index (κ1) is 21.8. The van der Waals surface area contributed by atoms with Crippen molar-refractivity contribution in [1.82, 2.24) is 10.9 Å². The number of hydrazine groups is 1. The molecule has 0 atom stereocenters. The second-order valence-corrected chi connectivity index (χ2v) is 7.17. The van der Waals surface area contributed by atoms with Gasteiger partial charge in [0.1, 0.15) is 11.5 Å². The van der Waals surface area contributed by atoms with Crippen molar-refractivity contribution in [3.8, 4) is 11.5 Å². The SMILES string of the molecule is CCCCCOc1ccccc1C(=O)NNC(=O)COc1ccc(Br)cc1C.